The van der Waals surface area contributed by atoms with Crippen LogP contribution in [0.4, 0.5) is 0 Å². The van der Waals surface area contributed by atoms with Crippen LogP contribution in [0.2, 0.25) is 0 Å². The number of hydrogen-bond acceptors (Lipinski definition) is 1. The molecule has 4 aromatic rings. The number of thioether (sulfide) groups is 1. The van der Waals surface area contributed by atoms with Gasteiger partial charge in [-0.05, 0) is 49.6 Å². The Hall–Kier alpha value is -2.77. The zero-order valence-corrected chi connectivity index (χ0v) is 18.0. The third-order valence-corrected chi connectivity index (χ3v) is 6.91. The fraction of sp³-hybridized carbons (Fsp3) is 0.143. The Labute approximate surface area is 178 Å². The molecule has 0 aliphatic rings. The third kappa shape index (κ3) is 4.02. The molecule has 4 rings (SSSR count). The molecule has 0 aliphatic heterocycles. The molecule has 0 aliphatic carbocycles. The van der Waals surface area contributed by atoms with E-state index in [2.05, 4.69) is 124 Å². The molecule has 4 aromatic carbocycles. The van der Waals surface area contributed by atoms with E-state index in [1.807, 2.05) is 11.8 Å². The van der Waals surface area contributed by atoms with Crippen molar-refractivity contribution in [1.82, 2.24) is 0 Å². The summed E-state index contributed by atoms with van der Waals surface area (Å²) in [7, 11) is 0. The monoisotopic (exact) mass is 394 g/mol. The van der Waals surface area contributed by atoms with Crippen molar-refractivity contribution in [1.29, 1.82) is 0 Å². The van der Waals surface area contributed by atoms with Gasteiger partial charge in [0.2, 0.25) is 0 Å². The first kappa shape index (κ1) is 19.5. The van der Waals surface area contributed by atoms with E-state index in [4.69, 9.17) is 0 Å². The quantitative estimate of drug-likeness (QED) is 0.247. The summed E-state index contributed by atoms with van der Waals surface area (Å²) in [5, 5.41) is 0. The van der Waals surface area contributed by atoms with Crippen LogP contribution in [0, 0.1) is 20.8 Å². The van der Waals surface area contributed by atoms with Gasteiger partial charge in [0.15, 0.2) is 0 Å². The molecule has 1 heteroatoms. The van der Waals surface area contributed by atoms with Gasteiger partial charge < -0.3 is 0 Å². The van der Waals surface area contributed by atoms with Gasteiger partial charge in [-0.15, -0.1) is 11.8 Å². The first-order valence-corrected chi connectivity index (χ1v) is 10.8. The standard InChI is InChI=1S/C28H26S/c1-21-9-15-25(16-10-21)28(24-7-5-4-6-8-24,26-17-11-22(2)12-18-26)29-27-19-13-23(3)14-20-27/h4-20H,1-3H3. The molecular weight excluding hydrogens is 368 g/mol. The molecule has 0 N–H and O–H groups in total. The molecule has 0 heterocycles. The van der Waals surface area contributed by atoms with E-state index in [1.54, 1.807) is 0 Å². The van der Waals surface area contributed by atoms with Crippen molar-refractivity contribution in [2.24, 2.45) is 0 Å². The fourth-order valence-electron chi connectivity index (χ4n) is 3.71. The summed E-state index contributed by atoms with van der Waals surface area (Å²) in [5.74, 6) is 0. The van der Waals surface area contributed by atoms with Gasteiger partial charge in [-0.3, -0.25) is 0 Å². The van der Waals surface area contributed by atoms with Crippen molar-refractivity contribution in [3.05, 3.63) is 137 Å². The van der Waals surface area contributed by atoms with E-state index in [9.17, 15) is 0 Å². The van der Waals surface area contributed by atoms with Crippen LogP contribution in [0.5, 0.6) is 0 Å². The van der Waals surface area contributed by atoms with Gasteiger partial charge in [0.05, 0.1) is 4.75 Å². The Kier molecular flexibility index (Phi) is 5.60. The van der Waals surface area contributed by atoms with Crippen LogP contribution >= 0.6 is 11.8 Å². The summed E-state index contributed by atoms with van der Waals surface area (Å²) < 4.78 is -0.322. The number of rotatable bonds is 5. The van der Waals surface area contributed by atoms with Crippen LogP contribution in [0.15, 0.2) is 108 Å². The second-order valence-corrected chi connectivity index (χ2v) is 8.98. The minimum Gasteiger partial charge on any atom is -0.105 e. The number of aryl methyl sites for hydroxylation is 3. The highest BCUT2D eigenvalue weighted by Crippen LogP contribution is 2.51. The number of benzene rings is 4. The highest BCUT2D eigenvalue weighted by molar-refractivity contribution is 8.00. The molecule has 0 unspecified atom stereocenters. The van der Waals surface area contributed by atoms with Crippen LogP contribution in [0.3, 0.4) is 0 Å². The van der Waals surface area contributed by atoms with Gasteiger partial charge >= 0.3 is 0 Å². The van der Waals surface area contributed by atoms with E-state index < -0.39 is 0 Å². The van der Waals surface area contributed by atoms with Crippen molar-refractivity contribution < 1.29 is 0 Å². The third-order valence-electron chi connectivity index (χ3n) is 5.39. The molecule has 0 aromatic heterocycles. The van der Waals surface area contributed by atoms with Crippen LogP contribution < -0.4 is 0 Å². The lowest BCUT2D eigenvalue weighted by Crippen LogP contribution is -2.25. The van der Waals surface area contributed by atoms with Gasteiger partial charge in [0.1, 0.15) is 0 Å². The largest absolute Gasteiger partial charge is 0.105 e. The van der Waals surface area contributed by atoms with E-state index in [0.717, 1.165) is 0 Å². The molecule has 0 fully saturated rings. The molecule has 0 bridgehead atoms. The first-order valence-electron chi connectivity index (χ1n) is 10.0. The van der Waals surface area contributed by atoms with Crippen molar-refractivity contribution in [2.45, 2.75) is 30.4 Å². The van der Waals surface area contributed by atoms with Crippen molar-refractivity contribution in [3.63, 3.8) is 0 Å². The number of hydrogen-bond donors (Lipinski definition) is 0. The predicted octanol–water partition coefficient (Wildman–Crippen LogP) is 7.70. The maximum atomic E-state index is 2.28. The minimum absolute atomic E-state index is 0.322. The summed E-state index contributed by atoms with van der Waals surface area (Å²) in [5.41, 5.74) is 7.72. The SMILES string of the molecule is Cc1ccc(SC(c2ccccc2)(c2ccc(C)cc2)c2ccc(C)cc2)cc1. The Balaban J connectivity index is 1.99. The summed E-state index contributed by atoms with van der Waals surface area (Å²) >= 11 is 1.92. The molecular formula is C28H26S. The first-order chi connectivity index (χ1) is 14.1. The van der Waals surface area contributed by atoms with Crippen LogP contribution in [-0.4, -0.2) is 0 Å². The van der Waals surface area contributed by atoms with E-state index >= 15 is 0 Å². The maximum Gasteiger partial charge on any atom is 0.0954 e. The maximum absolute atomic E-state index is 2.28. The van der Waals surface area contributed by atoms with E-state index in [0.29, 0.717) is 0 Å². The minimum atomic E-state index is -0.322. The van der Waals surface area contributed by atoms with Gasteiger partial charge in [-0.2, -0.15) is 0 Å². The van der Waals surface area contributed by atoms with Gasteiger partial charge in [0, 0.05) is 4.90 Å². The Bertz CT molecular complexity index is 1010. The topological polar surface area (TPSA) is 0 Å². The summed E-state index contributed by atoms with van der Waals surface area (Å²) in [4.78, 5) is 1.26. The second-order valence-electron chi connectivity index (χ2n) is 7.69. The fourth-order valence-corrected chi connectivity index (χ4v) is 5.10. The Morgan fingerprint density at radius 1 is 0.448 bits per heavy atom. The van der Waals surface area contributed by atoms with Crippen LogP contribution in [0.25, 0.3) is 0 Å². The molecule has 0 saturated carbocycles. The summed E-state index contributed by atoms with van der Waals surface area (Å²) in [6.07, 6.45) is 0. The summed E-state index contributed by atoms with van der Waals surface area (Å²) in [6.45, 7) is 6.43. The van der Waals surface area contributed by atoms with Crippen molar-refractivity contribution in [3.8, 4) is 0 Å². The summed E-state index contributed by atoms with van der Waals surface area (Å²) in [6, 6.07) is 37.7. The van der Waals surface area contributed by atoms with Crippen molar-refractivity contribution in [2.75, 3.05) is 0 Å². The Morgan fingerprint density at radius 2 is 0.828 bits per heavy atom. The van der Waals surface area contributed by atoms with Gasteiger partial charge in [-0.25, -0.2) is 0 Å². The van der Waals surface area contributed by atoms with Gasteiger partial charge in [-0.1, -0.05) is 108 Å². The van der Waals surface area contributed by atoms with E-state index in [-0.39, 0.29) is 4.75 Å². The van der Waals surface area contributed by atoms with Gasteiger partial charge in [0.25, 0.3) is 0 Å². The second kappa shape index (κ2) is 8.31. The lowest BCUT2D eigenvalue weighted by atomic mass is 9.83. The smallest absolute Gasteiger partial charge is 0.0954 e. The normalized spacial score (nSPS) is 11.4. The average Bonchev–Trinajstić information content (AvgIpc) is 2.75. The predicted molar refractivity (Wildman–Crippen MR) is 126 cm³/mol. The zero-order valence-electron chi connectivity index (χ0n) is 17.2. The van der Waals surface area contributed by atoms with Crippen LogP contribution in [0.1, 0.15) is 33.4 Å². The molecule has 0 saturated heterocycles. The lowest BCUT2D eigenvalue weighted by molar-refractivity contribution is 0.892. The van der Waals surface area contributed by atoms with Crippen molar-refractivity contribution >= 4 is 11.8 Å². The van der Waals surface area contributed by atoms with E-state index in [1.165, 1.54) is 38.3 Å². The zero-order chi connectivity index (χ0) is 20.3. The molecule has 0 nitrogen and oxygen atoms in total. The Morgan fingerprint density at radius 3 is 1.28 bits per heavy atom. The lowest BCUT2D eigenvalue weighted by Gasteiger charge is -2.35. The molecule has 29 heavy (non-hydrogen) atoms. The highest BCUT2D eigenvalue weighted by atomic mass is 32.2. The molecule has 144 valence electrons. The molecule has 0 amide bonds. The molecule has 0 atom stereocenters. The molecule has 0 spiro atoms. The average molecular weight is 395 g/mol. The molecule has 0 radical (unpaired) electrons. The highest BCUT2D eigenvalue weighted by Gasteiger charge is 2.37. The van der Waals surface area contributed by atoms with Crippen LogP contribution in [-0.2, 0) is 4.75 Å².